The zero-order valence-corrected chi connectivity index (χ0v) is 12.1. The van der Waals surface area contributed by atoms with Crippen molar-refractivity contribution in [2.45, 2.75) is 52.1 Å². The minimum absolute atomic E-state index is 0.0795. The molecule has 3 heteroatoms. The molecule has 0 radical (unpaired) electrons. The van der Waals surface area contributed by atoms with Gasteiger partial charge in [-0.3, -0.25) is 0 Å². The number of hydrogen-bond acceptors (Lipinski definition) is 2. The van der Waals surface area contributed by atoms with Crippen molar-refractivity contribution in [2.24, 2.45) is 0 Å². The van der Waals surface area contributed by atoms with Crippen LogP contribution in [0.25, 0.3) is 0 Å². The second kappa shape index (κ2) is 6.90. The van der Waals surface area contributed by atoms with Crippen LogP contribution < -0.4 is 10.2 Å². The number of nitrogens with one attached hydrogen (secondary N) is 1. The van der Waals surface area contributed by atoms with E-state index in [-0.39, 0.29) is 5.82 Å². The van der Waals surface area contributed by atoms with E-state index in [1.54, 1.807) is 6.07 Å². The molecule has 0 heterocycles. The molecule has 1 aliphatic carbocycles. The third kappa shape index (κ3) is 3.47. The van der Waals surface area contributed by atoms with Gasteiger partial charge in [0, 0.05) is 19.1 Å². The van der Waals surface area contributed by atoms with Crippen LogP contribution in [0.15, 0.2) is 18.2 Å². The van der Waals surface area contributed by atoms with Gasteiger partial charge in [-0.2, -0.15) is 0 Å². The number of benzene rings is 1. The van der Waals surface area contributed by atoms with Gasteiger partial charge in [0.2, 0.25) is 0 Å². The molecule has 2 nitrogen and oxygen atoms in total. The third-order valence-electron chi connectivity index (χ3n) is 4.01. The monoisotopic (exact) mass is 264 g/mol. The van der Waals surface area contributed by atoms with E-state index in [0.717, 1.165) is 30.9 Å². The third-order valence-corrected chi connectivity index (χ3v) is 4.01. The quantitative estimate of drug-likeness (QED) is 0.842. The van der Waals surface area contributed by atoms with Gasteiger partial charge in [-0.1, -0.05) is 25.8 Å². The van der Waals surface area contributed by atoms with Crippen LogP contribution in [0.1, 0.15) is 45.1 Å². The van der Waals surface area contributed by atoms with Crippen LogP contribution in [-0.4, -0.2) is 19.1 Å². The standard InChI is InChI=1S/C16H25FN2/c1-3-18-12-13-9-10-16(15(17)11-13)19(4-2)14-7-5-6-8-14/h9-11,14,18H,3-8,12H2,1-2H3. The molecule has 1 N–H and O–H groups in total. The molecule has 0 aliphatic heterocycles. The Morgan fingerprint density at radius 3 is 2.58 bits per heavy atom. The van der Waals surface area contributed by atoms with Crippen molar-refractivity contribution in [3.05, 3.63) is 29.6 Å². The maximum Gasteiger partial charge on any atom is 0.146 e. The highest BCUT2D eigenvalue weighted by Crippen LogP contribution is 2.30. The highest BCUT2D eigenvalue weighted by atomic mass is 19.1. The van der Waals surface area contributed by atoms with E-state index in [9.17, 15) is 4.39 Å². The molecular formula is C16H25FN2. The van der Waals surface area contributed by atoms with Crippen LogP contribution in [0.5, 0.6) is 0 Å². The summed E-state index contributed by atoms with van der Waals surface area (Å²) in [5.41, 5.74) is 1.79. The van der Waals surface area contributed by atoms with Crippen LogP contribution >= 0.6 is 0 Å². The zero-order chi connectivity index (χ0) is 13.7. The number of halogens is 1. The summed E-state index contributed by atoms with van der Waals surface area (Å²) in [6.07, 6.45) is 4.96. The SMILES string of the molecule is CCNCc1ccc(N(CC)C2CCCC2)c(F)c1. The van der Waals surface area contributed by atoms with Gasteiger partial charge in [-0.05, 0) is 44.0 Å². The number of rotatable bonds is 6. The Hall–Kier alpha value is -1.09. The molecule has 1 fully saturated rings. The largest absolute Gasteiger partial charge is 0.366 e. The van der Waals surface area contributed by atoms with Crippen molar-refractivity contribution in [1.82, 2.24) is 5.32 Å². The molecule has 1 aliphatic rings. The summed E-state index contributed by atoms with van der Waals surface area (Å²) < 4.78 is 14.3. The average Bonchev–Trinajstić information content (AvgIpc) is 2.93. The first-order valence-electron chi connectivity index (χ1n) is 7.52. The van der Waals surface area contributed by atoms with Gasteiger partial charge in [0.25, 0.3) is 0 Å². The van der Waals surface area contributed by atoms with Gasteiger partial charge in [0.05, 0.1) is 5.69 Å². The van der Waals surface area contributed by atoms with Crippen molar-refractivity contribution < 1.29 is 4.39 Å². The normalized spacial score (nSPS) is 15.9. The molecule has 19 heavy (non-hydrogen) atoms. The summed E-state index contributed by atoms with van der Waals surface area (Å²) in [6, 6.07) is 6.19. The van der Waals surface area contributed by atoms with Crippen LogP contribution in [0, 0.1) is 5.82 Å². The molecule has 0 aromatic heterocycles. The van der Waals surface area contributed by atoms with Crippen molar-refractivity contribution in [2.75, 3.05) is 18.0 Å². The highest BCUT2D eigenvalue weighted by molar-refractivity contribution is 5.50. The predicted molar refractivity (Wildman–Crippen MR) is 79.1 cm³/mol. The molecule has 1 aromatic rings. The van der Waals surface area contributed by atoms with Gasteiger partial charge in [-0.25, -0.2) is 4.39 Å². The number of anilines is 1. The topological polar surface area (TPSA) is 15.3 Å². The fourth-order valence-corrected chi connectivity index (χ4v) is 3.00. The van der Waals surface area contributed by atoms with E-state index in [4.69, 9.17) is 0 Å². The molecule has 0 spiro atoms. The zero-order valence-electron chi connectivity index (χ0n) is 12.1. The highest BCUT2D eigenvalue weighted by Gasteiger charge is 2.23. The lowest BCUT2D eigenvalue weighted by Crippen LogP contribution is -2.33. The number of hydrogen-bond donors (Lipinski definition) is 1. The van der Waals surface area contributed by atoms with Gasteiger partial charge in [0.15, 0.2) is 0 Å². The maximum absolute atomic E-state index is 14.3. The fourth-order valence-electron chi connectivity index (χ4n) is 3.00. The van der Waals surface area contributed by atoms with Gasteiger partial charge >= 0.3 is 0 Å². The van der Waals surface area contributed by atoms with Crippen LogP contribution in [0.3, 0.4) is 0 Å². The average molecular weight is 264 g/mol. The first-order chi connectivity index (χ1) is 9.26. The Labute approximate surface area is 116 Å². The van der Waals surface area contributed by atoms with E-state index < -0.39 is 0 Å². The van der Waals surface area contributed by atoms with E-state index >= 15 is 0 Å². The van der Waals surface area contributed by atoms with E-state index in [1.807, 2.05) is 12.1 Å². The summed E-state index contributed by atoms with van der Waals surface area (Å²) in [5, 5.41) is 3.23. The van der Waals surface area contributed by atoms with Crippen molar-refractivity contribution in [3.8, 4) is 0 Å². The lowest BCUT2D eigenvalue weighted by molar-refractivity contribution is 0.576. The Bertz CT molecular complexity index is 400. The smallest absolute Gasteiger partial charge is 0.146 e. The van der Waals surface area contributed by atoms with Crippen LogP contribution in [-0.2, 0) is 6.54 Å². The number of nitrogens with zero attached hydrogens (tertiary/aromatic N) is 1. The maximum atomic E-state index is 14.3. The van der Waals surface area contributed by atoms with Crippen LogP contribution in [0.2, 0.25) is 0 Å². The first-order valence-corrected chi connectivity index (χ1v) is 7.52. The first kappa shape index (κ1) is 14.3. The lowest BCUT2D eigenvalue weighted by atomic mass is 10.1. The van der Waals surface area contributed by atoms with E-state index in [0.29, 0.717) is 6.04 Å². The summed E-state index contributed by atoms with van der Waals surface area (Å²) in [6.45, 7) is 6.71. The Balaban J connectivity index is 2.13. The molecule has 106 valence electrons. The van der Waals surface area contributed by atoms with Crippen molar-refractivity contribution in [3.63, 3.8) is 0 Å². The Morgan fingerprint density at radius 2 is 2.00 bits per heavy atom. The molecule has 0 unspecified atom stereocenters. The van der Waals surface area contributed by atoms with Gasteiger partial charge in [0.1, 0.15) is 5.82 Å². The molecule has 0 atom stereocenters. The molecule has 0 amide bonds. The molecule has 0 saturated heterocycles. The van der Waals surface area contributed by atoms with Crippen molar-refractivity contribution >= 4 is 5.69 Å². The minimum Gasteiger partial charge on any atom is -0.366 e. The fraction of sp³-hybridized carbons (Fsp3) is 0.625. The lowest BCUT2D eigenvalue weighted by Gasteiger charge is -2.30. The van der Waals surface area contributed by atoms with Gasteiger partial charge < -0.3 is 10.2 Å². The molecular weight excluding hydrogens is 239 g/mol. The Morgan fingerprint density at radius 1 is 1.26 bits per heavy atom. The summed E-state index contributed by atoms with van der Waals surface area (Å²) in [5.74, 6) is -0.0795. The molecule has 1 saturated carbocycles. The Kier molecular flexibility index (Phi) is 5.20. The minimum atomic E-state index is -0.0795. The molecule has 0 bridgehead atoms. The van der Waals surface area contributed by atoms with E-state index in [2.05, 4.69) is 24.1 Å². The second-order valence-corrected chi connectivity index (χ2v) is 5.29. The summed E-state index contributed by atoms with van der Waals surface area (Å²) >= 11 is 0. The summed E-state index contributed by atoms with van der Waals surface area (Å²) in [4.78, 5) is 2.24. The molecule has 2 rings (SSSR count). The van der Waals surface area contributed by atoms with Crippen molar-refractivity contribution in [1.29, 1.82) is 0 Å². The van der Waals surface area contributed by atoms with Crippen LogP contribution in [0.4, 0.5) is 10.1 Å². The molecule has 1 aromatic carbocycles. The summed E-state index contributed by atoms with van der Waals surface area (Å²) in [7, 11) is 0. The van der Waals surface area contributed by atoms with Gasteiger partial charge in [-0.15, -0.1) is 0 Å². The van der Waals surface area contributed by atoms with E-state index in [1.165, 1.54) is 25.7 Å². The second-order valence-electron chi connectivity index (χ2n) is 5.29. The predicted octanol–water partition coefficient (Wildman–Crippen LogP) is 3.70.